The number of aromatic nitrogens is 4. The Morgan fingerprint density at radius 2 is 2.11 bits per heavy atom. The quantitative estimate of drug-likeness (QED) is 0.347. The zero-order valence-electron chi connectivity index (χ0n) is 19.8. The van der Waals surface area contributed by atoms with Crippen LogP contribution in [0, 0.1) is 6.92 Å². The summed E-state index contributed by atoms with van der Waals surface area (Å²) in [5.74, 6) is 1.15. The fraction of sp³-hybridized carbons (Fsp3) is 0.417. The van der Waals surface area contributed by atoms with E-state index in [0.29, 0.717) is 39.9 Å². The summed E-state index contributed by atoms with van der Waals surface area (Å²) in [6.45, 7) is 8.68. The predicted octanol–water partition coefficient (Wildman–Crippen LogP) is 5.34. The van der Waals surface area contributed by atoms with Gasteiger partial charge in [-0.2, -0.15) is 0 Å². The van der Waals surface area contributed by atoms with Gasteiger partial charge in [0.05, 0.1) is 27.0 Å². The second kappa shape index (κ2) is 10.2. The van der Waals surface area contributed by atoms with Gasteiger partial charge in [-0.3, -0.25) is 4.79 Å². The summed E-state index contributed by atoms with van der Waals surface area (Å²) in [6.07, 6.45) is 3.50. The third-order valence-corrected chi connectivity index (χ3v) is 8.25. The minimum absolute atomic E-state index is 0.132. The van der Waals surface area contributed by atoms with Gasteiger partial charge < -0.3 is 19.3 Å². The van der Waals surface area contributed by atoms with E-state index in [2.05, 4.69) is 39.2 Å². The molecule has 0 aliphatic carbocycles. The lowest BCUT2D eigenvalue weighted by Gasteiger charge is -2.34. The number of amides is 1. The van der Waals surface area contributed by atoms with Gasteiger partial charge in [0.2, 0.25) is 0 Å². The summed E-state index contributed by atoms with van der Waals surface area (Å²) in [5, 5.41) is 10.4. The Bertz CT molecular complexity index is 1320. The molecule has 5 rings (SSSR count). The Kier molecular flexibility index (Phi) is 7.06. The van der Waals surface area contributed by atoms with Crippen molar-refractivity contribution in [2.24, 2.45) is 0 Å². The Hall–Kier alpha value is -2.53. The van der Waals surface area contributed by atoms with Crippen LogP contribution in [-0.2, 0) is 6.54 Å². The highest BCUT2D eigenvalue weighted by Gasteiger charge is 2.26. The average Bonchev–Trinajstić information content (AvgIpc) is 3.62. The fourth-order valence-electron chi connectivity index (χ4n) is 4.32. The molecular weight excluding hydrogens is 504 g/mol. The molecule has 1 amide bonds. The number of rotatable bonds is 7. The molecule has 0 radical (unpaired) electrons. The first kappa shape index (κ1) is 24.2. The van der Waals surface area contributed by atoms with Crippen LogP contribution in [0.15, 0.2) is 34.3 Å². The SMILES string of the molecule is Cc1nc(-c2ncc(C(=O)NC3CCN(C(C)C)CC3)n2Cc2cc(-c3ccc(Cl)s3)on2)cs1. The van der Waals surface area contributed by atoms with Crippen molar-refractivity contribution < 1.29 is 9.32 Å². The largest absolute Gasteiger partial charge is 0.355 e. The summed E-state index contributed by atoms with van der Waals surface area (Å²) in [7, 11) is 0. The van der Waals surface area contributed by atoms with Gasteiger partial charge in [-0.05, 0) is 45.7 Å². The number of thiophene rings is 1. The molecule has 0 aromatic carbocycles. The minimum Gasteiger partial charge on any atom is -0.355 e. The third-order valence-electron chi connectivity index (χ3n) is 6.23. The van der Waals surface area contributed by atoms with E-state index in [-0.39, 0.29) is 11.9 Å². The van der Waals surface area contributed by atoms with Crippen molar-refractivity contribution in [3.8, 4) is 22.2 Å². The lowest BCUT2D eigenvalue weighted by Crippen LogP contribution is -2.46. The number of imidazole rings is 1. The highest BCUT2D eigenvalue weighted by Crippen LogP contribution is 2.32. The molecule has 0 saturated carbocycles. The lowest BCUT2D eigenvalue weighted by molar-refractivity contribution is 0.0892. The van der Waals surface area contributed by atoms with E-state index in [1.165, 1.54) is 11.3 Å². The number of carbonyl (C=O) groups is 1. The maximum Gasteiger partial charge on any atom is 0.269 e. The minimum atomic E-state index is -0.132. The van der Waals surface area contributed by atoms with Crippen molar-refractivity contribution >= 4 is 40.2 Å². The number of carbonyl (C=O) groups excluding carboxylic acids is 1. The standard InChI is InChI=1S/C24H27ClN6O2S2/c1-14(2)30-8-6-16(7-9-30)28-24(32)19-11-26-23(18-13-34-15(3)27-18)31(19)12-17-10-20(33-29-17)21-4-5-22(25)35-21/h4-5,10-11,13-14,16H,6-9,12H2,1-3H3,(H,28,32). The van der Waals surface area contributed by atoms with E-state index in [0.717, 1.165) is 41.5 Å². The molecule has 1 saturated heterocycles. The Morgan fingerprint density at radius 1 is 1.31 bits per heavy atom. The van der Waals surface area contributed by atoms with Gasteiger partial charge in [-0.15, -0.1) is 22.7 Å². The fourth-order valence-corrected chi connectivity index (χ4v) is 5.90. The van der Waals surface area contributed by atoms with Gasteiger partial charge in [0.15, 0.2) is 11.6 Å². The number of likely N-dealkylation sites (tertiary alicyclic amines) is 1. The number of piperidine rings is 1. The van der Waals surface area contributed by atoms with Crippen LogP contribution < -0.4 is 5.32 Å². The second-order valence-electron chi connectivity index (χ2n) is 8.97. The van der Waals surface area contributed by atoms with Crippen LogP contribution in [0.2, 0.25) is 4.34 Å². The van der Waals surface area contributed by atoms with Gasteiger partial charge in [0, 0.05) is 36.6 Å². The maximum atomic E-state index is 13.4. The topological polar surface area (TPSA) is 89.1 Å². The summed E-state index contributed by atoms with van der Waals surface area (Å²) in [6, 6.07) is 6.28. The molecule has 4 aromatic rings. The average molecular weight is 531 g/mol. The third kappa shape index (κ3) is 5.35. The molecule has 1 fully saturated rings. The summed E-state index contributed by atoms with van der Waals surface area (Å²) in [4.78, 5) is 25.9. The van der Waals surface area contributed by atoms with Crippen LogP contribution in [0.25, 0.3) is 22.2 Å². The number of nitrogens with one attached hydrogen (secondary N) is 1. The van der Waals surface area contributed by atoms with Gasteiger partial charge in [0.25, 0.3) is 5.91 Å². The van der Waals surface area contributed by atoms with Gasteiger partial charge >= 0.3 is 0 Å². The van der Waals surface area contributed by atoms with Crippen molar-refractivity contribution in [3.63, 3.8) is 0 Å². The number of hydrogen-bond donors (Lipinski definition) is 1. The Balaban J connectivity index is 1.39. The molecule has 1 aliphatic rings. The molecular formula is C24H27ClN6O2S2. The molecule has 1 N–H and O–H groups in total. The Labute approximate surface area is 216 Å². The van der Waals surface area contributed by atoms with Crippen LogP contribution in [-0.4, -0.2) is 55.7 Å². The van der Waals surface area contributed by atoms with Crippen LogP contribution in [0.4, 0.5) is 0 Å². The number of thiazole rings is 1. The highest BCUT2D eigenvalue weighted by atomic mass is 35.5. The molecule has 0 unspecified atom stereocenters. The first-order valence-electron chi connectivity index (χ1n) is 11.6. The van der Waals surface area contributed by atoms with Crippen LogP contribution >= 0.6 is 34.3 Å². The van der Waals surface area contributed by atoms with Crippen molar-refractivity contribution in [2.45, 2.75) is 52.2 Å². The van der Waals surface area contributed by atoms with E-state index in [4.69, 9.17) is 16.1 Å². The molecule has 0 spiro atoms. The molecule has 0 atom stereocenters. The molecule has 4 aromatic heterocycles. The summed E-state index contributed by atoms with van der Waals surface area (Å²) in [5.41, 5.74) is 1.92. The van der Waals surface area contributed by atoms with Crippen molar-refractivity contribution in [1.82, 2.24) is 29.9 Å². The highest BCUT2D eigenvalue weighted by molar-refractivity contribution is 7.19. The van der Waals surface area contributed by atoms with Crippen LogP contribution in [0.5, 0.6) is 0 Å². The molecule has 35 heavy (non-hydrogen) atoms. The van der Waals surface area contributed by atoms with Crippen molar-refractivity contribution in [1.29, 1.82) is 0 Å². The van der Waals surface area contributed by atoms with E-state index in [1.807, 2.05) is 35.1 Å². The maximum absolute atomic E-state index is 13.4. The van der Waals surface area contributed by atoms with Gasteiger partial charge in [-0.1, -0.05) is 16.8 Å². The predicted molar refractivity (Wildman–Crippen MR) is 139 cm³/mol. The summed E-state index contributed by atoms with van der Waals surface area (Å²) < 4.78 is 8.12. The molecule has 5 heterocycles. The van der Waals surface area contributed by atoms with E-state index in [9.17, 15) is 4.79 Å². The Morgan fingerprint density at radius 3 is 2.77 bits per heavy atom. The zero-order chi connectivity index (χ0) is 24.5. The van der Waals surface area contributed by atoms with Crippen LogP contribution in [0.3, 0.4) is 0 Å². The zero-order valence-corrected chi connectivity index (χ0v) is 22.2. The van der Waals surface area contributed by atoms with Gasteiger partial charge in [0.1, 0.15) is 17.1 Å². The molecule has 1 aliphatic heterocycles. The number of nitrogens with zero attached hydrogens (tertiary/aromatic N) is 5. The van der Waals surface area contributed by atoms with E-state index >= 15 is 0 Å². The molecule has 8 nitrogen and oxygen atoms in total. The smallest absolute Gasteiger partial charge is 0.269 e. The van der Waals surface area contributed by atoms with E-state index in [1.54, 1.807) is 17.5 Å². The van der Waals surface area contributed by atoms with Crippen LogP contribution in [0.1, 0.15) is 47.9 Å². The number of hydrogen-bond acceptors (Lipinski definition) is 8. The number of aryl methyl sites for hydroxylation is 1. The number of halogens is 1. The lowest BCUT2D eigenvalue weighted by atomic mass is 10.0. The first-order chi connectivity index (χ1) is 16.9. The van der Waals surface area contributed by atoms with Gasteiger partial charge in [-0.25, -0.2) is 9.97 Å². The van der Waals surface area contributed by atoms with Crippen molar-refractivity contribution in [3.05, 3.63) is 50.5 Å². The normalized spacial score (nSPS) is 15.2. The monoisotopic (exact) mass is 530 g/mol. The summed E-state index contributed by atoms with van der Waals surface area (Å²) >= 11 is 9.05. The second-order valence-corrected chi connectivity index (χ2v) is 11.7. The van der Waals surface area contributed by atoms with E-state index < -0.39 is 0 Å². The molecule has 0 bridgehead atoms. The molecule has 184 valence electrons. The molecule has 11 heteroatoms. The first-order valence-corrected chi connectivity index (χ1v) is 13.7. The van der Waals surface area contributed by atoms with Crippen molar-refractivity contribution in [2.75, 3.05) is 13.1 Å².